The molecule has 0 amide bonds. The molecule has 3 heteroatoms. The fourth-order valence-corrected chi connectivity index (χ4v) is 2.76. The number of fused-ring (bicyclic) bond motifs is 1. The highest BCUT2D eigenvalue weighted by Crippen LogP contribution is 2.29. The average Bonchev–Trinajstić information content (AvgIpc) is 2.96. The van der Waals surface area contributed by atoms with Crippen LogP contribution in [0, 0.1) is 0 Å². The molecule has 1 N–H and O–H groups in total. The molecule has 1 aliphatic heterocycles. The van der Waals surface area contributed by atoms with E-state index >= 15 is 0 Å². The Bertz CT molecular complexity index is 568. The minimum absolute atomic E-state index is 0.383. The smallest absolute Gasteiger partial charge is 0.122 e. The monoisotopic (exact) mass is 268 g/mol. The number of pyridine rings is 1. The summed E-state index contributed by atoms with van der Waals surface area (Å²) in [7, 11) is 2.03. The fourth-order valence-electron chi connectivity index (χ4n) is 2.76. The summed E-state index contributed by atoms with van der Waals surface area (Å²) in [5, 5.41) is 3.42. The quantitative estimate of drug-likeness (QED) is 0.905. The molecule has 0 saturated heterocycles. The molecular formula is C17H20N2O. The van der Waals surface area contributed by atoms with Gasteiger partial charge in [0.15, 0.2) is 0 Å². The predicted molar refractivity (Wildman–Crippen MR) is 80.0 cm³/mol. The summed E-state index contributed by atoms with van der Waals surface area (Å²) in [6, 6.07) is 11.1. The first-order valence-corrected chi connectivity index (χ1v) is 7.18. The Kier molecular flexibility index (Phi) is 3.97. The molecule has 0 bridgehead atoms. The van der Waals surface area contributed by atoms with Crippen molar-refractivity contribution in [2.24, 2.45) is 0 Å². The molecular weight excluding hydrogens is 248 g/mol. The number of nitrogens with zero attached hydrogens (tertiary/aromatic N) is 1. The Hall–Kier alpha value is -1.87. The number of benzene rings is 1. The van der Waals surface area contributed by atoms with Crippen LogP contribution in [0.1, 0.15) is 29.2 Å². The number of ether oxygens (including phenoxy) is 1. The minimum Gasteiger partial charge on any atom is -0.493 e. The number of hydrogen-bond acceptors (Lipinski definition) is 3. The van der Waals surface area contributed by atoms with Crippen molar-refractivity contribution in [1.29, 1.82) is 0 Å². The summed E-state index contributed by atoms with van der Waals surface area (Å²) in [6.45, 7) is 0.819. The van der Waals surface area contributed by atoms with Crippen LogP contribution in [0.25, 0.3) is 0 Å². The highest BCUT2D eigenvalue weighted by molar-refractivity contribution is 5.40. The summed E-state index contributed by atoms with van der Waals surface area (Å²) in [5.41, 5.74) is 4.03. The molecule has 0 radical (unpaired) electrons. The standard InChI is InChI=1S/C17H20N2O/c1-18-16(4-2-13-6-9-19-10-7-13)14-3-5-17-15(12-14)8-11-20-17/h3,5-7,9-10,12,16,18H,2,4,8,11H2,1H3. The van der Waals surface area contributed by atoms with E-state index in [1.165, 1.54) is 16.7 Å². The lowest BCUT2D eigenvalue weighted by Gasteiger charge is -2.17. The topological polar surface area (TPSA) is 34.2 Å². The second-order valence-corrected chi connectivity index (χ2v) is 5.20. The van der Waals surface area contributed by atoms with Crippen LogP contribution in [0.3, 0.4) is 0 Å². The minimum atomic E-state index is 0.383. The molecule has 0 fully saturated rings. The Labute approximate surface area is 120 Å². The zero-order chi connectivity index (χ0) is 13.8. The van der Waals surface area contributed by atoms with E-state index < -0.39 is 0 Å². The summed E-state index contributed by atoms with van der Waals surface area (Å²) < 4.78 is 5.57. The molecule has 20 heavy (non-hydrogen) atoms. The van der Waals surface area contributed by atoms with Crippen LogP contribution in [-0.2, 0) is 12.8 Å². The van der Waals surface area contributed by atoms with Gasteiger partial charge in [-0.25, -0.2) is 0 Å². The molecule has 1 aromatic heterocycles. The van der Waals surface area contributed by atoms with Gasteiger partial charge in [-0.05, 0) is 54.8 Å². The van der Waals surface area contributed by atoms with Crippen LogP contribution in [0.5, 0.6) is 5.75 Å². The molecule has 1 aliphatic rings. The third-order valence-corrected chi connectivity index (χ3v) is 3.94. The maximum atomic E-state index is 5.57. The van der Waals surface area contributed by atoms with E-state index in [-0.39, 0.29) is 0 Å². The SMILES string of the molecule is CNC(CCc1ccncc1)c1ccc2c(c1)CCO2. The first kappa shape index (κ1) is 13.1. The lowest BCUT2D eigenvalue weighted by Crippen LogP contribution is -2.17. The van der Waals surface area contributed by atoms with Crippen molar-refractivity contribution in [2.75, 3.05) is 13.7 Å². The molecule has 104 valence electrons. The molecule has 3 nitrogen and oxygen atoms in total. The van der Waals surface area contributed by atoms with E-state index in [4.69, 9.17) is 4.74 Å². The Morgan fingerprint density at radius 1 is 1.25 bits per heavy atom. The van der Waals surface area contributed by atoms with Gasteiger partial charge in [0.2, 0.25) is 0 Å². The molecule has 2 heterocycles. The van der Waals surface area contributed by atoms with E-state index in [0.29, 0.717) is 6.04 Å². The highest BCUT2D eigenvalue weighted by Gasteiger charge is 2.16. The molecule has 1 aromatic carbocycles. The van der Waals surface area contributed by atoms with Crippen molar-refractivity contribution < 1.29 is 4.74 Å². The van der Waals surface area contributed by atoms with Crippen molar-refractivity contribution in [3.8, 4) is 5.75 Å². The number of nitrogens with one attached hydrogen (secondary N) is 1. The molecule has 2 aromatic rings. The predicted octanol–water partition coefficient (Wildman–Crippen LogP) is 2.91. The van der Waals surface area contributed by atoms with Crippen LogP contribution in [0.2, 0.25) is 0 Å². The Morgan fingerprint density at radius 3 is 2.90 bits per heavy atom. The van der Waals surface area contributed by atoms with Gasteiger partial charge in [-0.1, -0.05) is 12.1 Å². The normalized spacial score (nSPS) is 14.7. The summed E-state index contributed by atoms with van der Waals surface area (Å²) >= 11 is 0. The maximum absolute atomic E-state index is 5.57. The van der Waals surface area contributed by atoms with Crippen LogP contribution in [-0.4, -0.2) is 18.6 Å². The van der Waals surface area contributed by atoms with Gasteiger partial charge in [0.25, 0.3) is 0 Å². The molecule has 1 unspecified atom stereocenters. The van der Waals surface area contributed by atoms with Crippen LogP contribution in [0.4, 0.5) is 0 Å². The maximum Gasteiger partial charge on any atom is 0.122 e. The van der Waals surface area contributed by atoms with Crippen molar-refractivity contribution >= 4 is 0 Å². The average molecular weight is 268 g/mol. The largest absolute Gasteiger partial charge is 0.493 e. The van der Waals surface area contributed by atoms with Crippen molar-refractivity contribution in [2.45, 2.75) is 25.3 Å². The van der Waals surface area contributed by atoms with Gasteiger partial charge in [0.05, 0.1) is 6.61 Å². The van der Waals surface area contributed by atoms with Crippen molar-refractivity contribution in [3.05, 3.63) is 59.4 Å². The first-order valence-electron chi connectivity index (χ1n) is 7.18. The zero-order valence-electron chi connectivity index (χ0n) is 11.8. The van der Waals surface area contributed by atoms with Crippen molar-refractivity contribution in [3.63, 3.8) is 0 Å². The van der Waals surface area contributed by atoms with E-state index in [2.05, 4.69) is 40.6 Å². The third-order valence-electron chi connectivity index (χ3n) is 3.94. The van der Waals surface area contributed by atoms with E-state index in [0.717, 1.165) is 31.6 Å². The summed E-state index contributed by atoms with van der Waals surface area (Å²) in [6.07, 6.45) is 6.89. The van der Waals surface area contributed by atoms with Gasteiger partial charge in [0.1, 0.15) is 5.75 Å². The van der Waals surface area contributed by atoms with E-state index in [9.17, 15) is 0 Å². The summed E-state index contributed by atoms with van der Waals surface area (Å²) in [4.78, 5) is 4.06. The van der Waals surface area contributed by atoms with E-state index in [1.54, 1.807) is 0 Å². The summed E-state index contributed by atoms with van der Waals surface area (Å²) in [5.74, 6) is 1.05. The zero-order valence-corrected chi connectivity index (χ0v) is 11.8. The second kappa shape index (κ2) is 6.06. The fraction of sp³-hybridized carbons (Fsp3) is 0.353. The highest BCUT2D eigenvalue weighted by atomic mass is 16.5. The van der Waals surface area contributed by atoms with Crippen LogP contribution < -0.4 is 10.1 Å². The lowest BCUT2D eigenvalue weighted by atomic mass is 9.97. The molecule has 0 saturated carbocycles. The Morgan fingerprint density at radius 2 is 2.10 bits per heavy atom. The van der Waals surface area contributed by atoms with Gasteiger partial charge < -0.3 is 10.1 Å². The number of aryl methyl sites for hydroxylation is 1. The van der Waals surface area contributed by atoms with Crippen molar-refractivity contribution in [1.82, 2.24) is 10.3 Å². The van der Waals surface area contributed by atoms with Gasteiger partial charge in [-0.2, -0.15) is 0 Å². The Balaban J connectivity index is 1.70. The van der Waals surface area contributed by atoms with E-state index in [1.807, 2.05) is 19.4 Å². The lowest BCUT2D eigenvalue weighted by molar-refractivity contribution is 0.356. The molecule has 1 atom stereocenters. The van der Waals surface area contributed by atoms with Gasteiger partial charge in [-0.15, -0.1) is 0 Å². The number of hydrogen-bond donors (Lipinski definition) is 1. The van der Waals surface area contributed by atoms with Gasteiger partial charge in [-0.3, -0.25) is 4.98 Å². The second-order valence-electron chi connectivity index (χ2n) is 5.20. The molecule has 0 aliphatic carbocycles. The molecule has 0 spiro atoms. The van der Waals surface area contributed by atoms with Gasteiger partial charge >= 0.3 is 0 Å². The first-order chi connectivity index (χ1) is 9.86. The number of rotatable bonds is 5. The third kappa shape index (κ3) is 2.83. The number of aromatic nitrogens is 1. The van der Waals surface area contributed by atoms with Crippen LogP contribution in [0.15, 0.2) is 42.7 Å². The van der Waals surface area contributed by atoms with Gasteiger partial charge in [0, 0.05) is 24.9 Å². The van der Waals surface area contributed by atoms with Crippen LogP contribution >= 0.6 is 0 Å². The molecule has 3 rings (SSSR count).